The van der Waals surface area contributed by atoms with Gasteiger partial charge in [0, 0.05) is 10.6 Å². The molecule has 8 heteroatoms. The van der Waals surface area contributed by atoms with Gasteiger partial charge in [0.15, 0.2) is 5.13 Å². The zero-order valence-corrected chi connectivity index (χ0v) is 22.2. The summed E-state index contributed by atoms with van der Waals surface area (Å²) in [7, 11) is 1.62. The maximum Gasteiger partial charge on any atom is 0.244 e. The number of carbonyl (C=O) groups excluding carboxylic acids is 2. The molecule has 0 aliphatic carbocycles. The molecule has 5 aromatic rings. The number of hydrogen-bond acceptors (Lipinski definition) is 6. The van der Waals surface area contributed by atoms with Gasteiger partial charge in [-0.25, -0.2) is 4.98 Å². The molecule has 6 nitrogen and oxygen atoms in total. The summed E-state index contributed by atoms with van der Waals surface area (Å²) >= 11 is 2.85. The summed E-state index contributed by atoms with van der Waals surface area (Å²) in [6.07, 6.45) is 0.312. The van der Waals surface area contributed by atoms with E-state index in [4.69, 9.17) is 4.74 Å². The van der Waals surface area contributed by atoms with Gasteiger partial charge in [-0.15, -0.1) is 11.8 Å². The van der Waals surface area contributed by atoms with Crippen molar-refractivity contribution in [2.45, 2.75) is 16.6 Å². The molecular formula is C30H25N3O3S2. The van der Waals surface area contributed by atoms with Crippen molar-refractivity contribution in [3.63, 3.8) is 0 Å². The largest absolute Gasteiger partial charge is 0.497 e. The number of fused-ring (bicyclic) bond motifs is 1. The van der Waals surface area contributed by atoms with Gasteiger partial charge in [0.2, 0.25) is 11.8 Å². The standard InChI is InChI=1S/C30H25N3O3S2/c1-36-23-14-17-25-26(19-23)38-30(32-25)33-29(35)28(21-10-6-3-7-11-21)37-24-15-12-22(13-16-24)31-27(34)18-20-8-4-2-5-9-20/h2-17,19,28H,18H2,1H3,(H,31,34)(H,32,33,35). The number of carbonyl (C=O) groups is 2. The molecule has 5 rings (SSSR count). The van der Waals surface area contributed by atoms with Crippen molar-refractivity contribution in [3.05, 3.63) is 114 Å². The van der Waals surface area contributed by atoms with Crippen LogP contribution in [0.4, 0.5) is 10.8 Å². The lowest BCUT2D eigenvalue weighted by atomic mass is 10.1. The molecule has 1 atom stereocenters. The van der Waals surface area contributed by atoms with E-state index in [0.717, 1.165) is 32.0 Å². The van der Waals surface area contributed by atoms with E-state index in [9.17, 15) is 9.59 Å². The van der Waals surface area contributed by atoms with Crippen LogP contribution in [0.1, 0.15) is 16.4 Å². The normalized spacial score (nSPS) is 11.6. The number of nitrogens with one attached hydrogen (secondary N) is 2. The van der Waals surface area contributed by atoms with E-state index >= 15 is 0 Å². The Morgan fingerprint density at radius 1 is 0.895 bits per heavy atom. The van der Waals surface area contributed by atoms with Gasteiger partial charge in [0.05, 0.1) is 23.7 Å². The van der Waals surface area contributed by atoms with E-state index in [2.05, 4.69) is 15.6 Å². The van der Waals surface area contributed by atoms with Crippen LogP contribution in [0.3, 0.4) is 0 Å². The second-order valence-corrected chi connectivity index (χ2v) is 10.7. The van der Waals surface area contributed by atoms with Gasteiger partial charge in [-0.3, -0.25) is 9.59 Å². The van der Waals surface area contributed by atoms with Crippen LogP contribution in [0.2, 0.25) is 0 Å². The molecule has 0 radical (unpaired) electrons. The highest BCUT2D eigenvalue weighted by atomic mass is 32.2. The predicted molar refractivity (Wildman–Crippen MR) is 155 cm³/mol. The smallest absolute Gasteiger partial charge is 0.244 e. The molecule has 0 fully saturated rings. The van der Waals surface area contributed by atoms with Crippen molar-refractivity contribution < 1.29 is 14.3 Å². The van der Waals surface area contributed by atoms with Crippen molar-refractivity contribution in [1.29, 1.82) is 0 Å². The first kappa shape index (κ1) is 25.5. The number of anilines is 2. The number of hydrogen-bond donors (Lipinski definition) is 2. The predicted octanol–water partition coefficient (Wildman–Crippen LogP) is 6.96. The summed E-state index contributed by atoms with van der Waals surface area (Å²) in [5, 5.41) is 5.98. The van der Waals surface area contributed by atoms with E-state index < -0.39 is 5.25 Å². The van der Waals surface area contributed by atoms with Crippen LogP contribution in [-0.4, -0.2) is 23.9 Å². The van der Waals surface area contributed by atoms with Gasteiger partial charge in [-0.05, 0) is 53.6 Å². The number of amides is 2. The fourth-order valence-corrected chi connectivity index (χ4v) is 5.82. The Labute approximate surface area is 229 Å². The van der Waals surface area contributed by atoms with E-state index in [-0.39, 0.29) is 11.8 Å². The summed E-state index contributed by atoms with van der Waals surface area (Å²) in [4.78, 5) is 31.3. The molecular weight excluding hydrogens is 514 g/mol. The van der Waals surface area contributed by atoms with Crippen LogP contribution in [-0.2, 0) is 16.0 Å². The Morgan fingerprint density at radius 3 is 2.32 bits per heavy atom. The summed E-state index contributed by atoms with van der Waals surface area (Å²) in [6, 6.07) is 32.5. The monoisotopic (exact) mass is 539 g/mol. The average molecular weight is 540 g/mol. The molecule has 2 amide bonds. The number of benzene rings is 4. The fraction of sp³-hybridized carbons (Fsp3) is 0.100. The SMILES string of the molecule is COc1ccc2nc(NC(=O)C(Sc3ccc(NC(=O)Cc4ccccc4)cc3)c3ccccc3)sc2c1. The van der Waals surface area contributed by atoms with Gasteiger partial charge >= 0.3 is 0 Å². The minimum Gasteiger partial charge on any atom is -0.497 e. The lowest BCUT2D eigenvalue weighted by molar-refractivity contribution is -0.116. The molecule has 0 saturated heterocycles. The summed E-state index contributed by atoms with van der Waals surface area (Å²) < 4.78 is 6.23. The Morgan fingerprint density at radius 2 is 1.61 bits per heavy atom. The number of rotatable bonds is 9. The quantitative estimate of drug-likeness (QED) is 0.198. The van der Waals surface area contributed by atoms with Crippen molar-refractivity contribution >= 4 is 55.9 Å². The molecule has 2 N–H and O–H groups in total. The number of thiazole rings is 1. The van der Waals surface area contributed by atoms with Crippen LogP contribution in [0, 0.1) is 0 Å². The Bertz CT molecular complexity index is 1540. The van der Waals surface area contributed by atoms with E-state index in [1.807, 2.05) is 103 Å². The minimum atomic E-state index is -0.490. The fourth-order valence-electron chi connectivity index (χ4n) is 3.90. The van der Waals surface area contributed by atoms with E-state index in [1.165, 1.54) is 23.1 Å². The number of thioether (sulfide) groups is 1. The first-order valence-corrected chi connectivity index (χ1v) is 13.7. The Balaban J connectivity index is 1.29. The van der Waals surface area contributed by atoms with Crippen molar-refractivity contribution in [1.82, 2.24) is 4.98 Å². The lowest BCUT2D eigenvalue weighted by Crippen LogP contribution is -2.19. The first-order chi connectivity index (χ1) is 18.6. The van der Waals surface area contributed by atoms with E-state index in [1.54, 1.807) is 7.11 Å². The number of ether oxygens (including phenoxy) is 1. The van der Waals surface area contributed by atoms with Crippen molar-refractivity contribution in [2.24, 2.45) is 0 Å². The molecule has 1 heterocycles. The summed E-state index contributed by atoms with van der Waals surface area (Å²) in [5.74, 6) is 0.510. The number of aromatic nitrogens is 1. The van der Waals surface area contributed by atoms with Crippen LogP contribution >= 0.6 is 23.1 Å². The third-order valence-corrected chi connectivity index (χ3v) is 7.97. The average Bonchev–Trinajstić information content (AvgIpc) is 3.34. The zero-order chi connectivity index (χ0) is 26.3. The van der Waals surface area contributed by atoms with Crippen molar-refractivity contribution in [3.8, 4) is 5.75 Å². The second kappa shape index (κ2) is 11.9. The second-order valence-electron chi connectivity index (χ2n) is 8.49. The highest BCUT2D eigenvalue weighted by Crippen LogP contribution is 2.37. The molecule has 4 aromatic carbocycles. The Kier molecular flexibility index (Phi) is 8.01. The first-order valence-electron chi connectivity index (χ1n) is 12.0. The van der Waals surface area contributed by atoms with Crippen LogP contribution < -0.4 is 15.4 Å². The summed E-state index contributed by atoms with van der Waals surface area (Å²) in [5.41, 5.74) is 3.36. The topological polar surface area (TPSA) is 80.3 Å². The Hall–Kier alpha value is -4.14. The zero-order valence-electron chi connectivity index (χ0n) is 20.6. The van der Waals surface area contributed by atoms with Gasteiger partial charge in [0.25, 0.3) is 0 Å². The highest BCUT2D eigenvalue weighted by Gasteiger charge is 2.23. The molecule has 0 aliphatic heterocycles. The van der Waals surface area contributed by atoms with E-state index in [0.29, 0.717) is 17.2 Å². The van der Waals surface area contributed by atoms with Gasteiger partial charge in [0.1, 0.15) is 11.0 Å². The maximum absolute atomic E-state index is 13.5. The van der Waals surface area contributed by atoms with Crippen molar-refractivity contribution in [2.75, 3.05) is 17.7 Å². The molecule has 0 aliphatic rings. The molecule has 38 heavy (non-hydrogen) atoms. The van der Waals surface area contributed by atoms with Gasteiger partial charge in [-0.1, -0.05) is 72.0 Å². The molecule has 1 unspecified atom stereocenters. The molecule has 0 spiro atoms. The summed E-state index contributed by atoms with van der Waals surface area (Å²) in [6.45, 7) is 0. The minimum absolute atomic E-state index is 0.0772. The number of methoxy groups -OCH3 is 1. The molecule has 0 saturated carbocycles. The number of nitrogens with zero attached hydrogens (tertiary/aromatic N) is 1. The molecule has 0 bridgehead atoms. The maximum atomic E-state index is 13.5. The highest BCUT2D eigenvalue weighted by molar-refractivity contribution is 8.00. The molecule has 190 valence electrons. The third-order valence-electron chi connectivity index (χ3n) is 5.77. The van der Waals surface area contributed by atoms with Gasteiger partial charge in [-0.2, -0.15) is 0 Å². The lowest BCUT2D eigenvalue weighted by Gasteiger charge is -2.16. The third kappa shape index (κ3) is 6.40. The van der Waals surface area contributed by atoms with Gasteiger partial charge < -0.3 is 15.4 Å². The van der Waals surface area contributed by atoms with Crippen LogP contribution in [0.15, 0.2) is 108 Å². The van der Waals surface area contributed by atoms with Crippen LogP contribution in [0.25, 0.3) is 10.2 Å². The van der Waals surface area contributed by atoms with Crippen LogP contribution in [0.5, 0.6) is 5.75 Å². The molecule has 1 aromatic heterocycles.